The van der Waals surface area contributed by atoms with E-state index in [9.17, 15) is 5.11 Å². The van der Waals surface area contributed by atoms with Gasteiger partial charge in [-0.3, -0.25) is 0 Å². The minimum Gasteiger partial charge on any atom is -0.468 e. The average molecular weight is 302 g/mol. The van der Waals surface area contributed by atoms with Crippen LogP contribution in [-0.4, -0.2) is 11.7 Å². The second-order valence-corrected chi connectivity index (χ2v) is 9.11. The Hall–Kier alpha value is -0.760. The first-order chi connectivity index (χ1) is 10.4. The van der Waals surface area contributed by atoms with Crippen LogP contribution in [0.1, 0.15) is 70.6 Å². The molecule has 1 aromatic rings. The minimum absolute atomic E-state index is 0.110. The van der Waals surface area contributed by atoms with Gasteiger partial charge in [0, 0.05) is 17.4 Å². The van der Waals surface area contributed by atoms with Crippen LogP contribution in [-0.2, 0) is 11.8 Å². The molecule has 0 unspecified atom stereocenters. The van der Waals surface area contributed by atoms with E-state index in [1.54, 1.807) is 0 Å². The van der Waals surface area contributed by atoms with Gasteiger partial charge in [-0.2, -0.15) is 0 Å². The lowest BCUT2D eigenvalue weighted by Crippen LogP contribution is -2.60. The van der Waals surface area contributed by atoms with E-state index >= 15 is 0 Å². The van der Waals surface area contributed by atoms with Crippen LogP contribution >= 0.6 is 0 Å². The second-order valence-electron chi connectivity index (χ2n) is 9.11. The van der Waals surface area contributed by atoms with Crippen LogP contribution in [0.5, 0.6) is 0 Å². The van der Waals surface area contributed by atoms with Gasteiger partial charge in [-0.1, -0.05) is 27.2 Å². The van der Waals surface area contributed by atoms with Crippen LogP contribution in [0.2, 0.25) is 0 Å². The number of rotatable bonds is 1. The Labute approximate surface area is 134 Å². The average Bonchev–Trinajstić information content (AvgIpc) is 2.95. The predicted molar refractivity (Wildman–Crippen MR) is 87.7 cm³/mol. The molecule has 0 aromatic carbocycles. The highest BCUT2D eigenvalue weighted by molar-refractivity contribution is 5.32. The van der Waals surface area contributed by atoms with Gasteiger partial charge < -0.3 is 9.52 Å². The lowest BCUT2D eigenvalue weighted by molar-refractivity contribution is -0.148. The summed E-state index contributed by atoms with van der Waals surface area (Å²) in [5.41, 5.74) is 2.02. The van der Waals surface area contributed by atoms with E-state index in [0.717, 1.165) is 6.42 Å². The fourth-order valence-corrected chi connectivity index (χ4v) is 6.86. The van der Waals surface area contributed by atoms with Crippen LogP contribution in [0.3, 0.4) is 0 Å². The number of furan rings is 1. The summed E-state index contributed by atoms with van der Waals surface area (Å²) in [5.74, 6) is 2.47. The van der Waals surface area contributed by atoms with Crippen LogP contribution < -0.4 is 0 Å². The van der Waals surface area contributed by atoms with Crippen LogP contribution in [0.4, 0.5) is 0 Å². The van der Waals surface area contributed by atoms with Crippen molar-refractivity contribution in [2.24, 2.45) is 22.7 Å². The molecule has 1 heterocycles. The van der Waals surface area contributed by atoms with Crippen molar-refractivity contribution in [2.75, 3.05) is 6.61 Å². The first-order valence-electron chi connectivity index (χ1n) is 9.12. The highest BCUT2D eigenvalue weighted by atomic mass is 16.3. The number of hydrogen-bond donors (Lipinski definition) is 1. The van der Waals surface area contributed by atoms with E-state index < -0.39 is 0 Å². The van der Waals surface area contributed by atoms with Gasteiger partial charge in [0.05, 0.1) is 6.26 Å². The van der Waals surface area contributed by atoms with E-state index in [0.29, 0.717) is 23.9 Å². The number of aryl methyl sites for hydroxylation is 1. The van der Waals surface area contributed by atoms with E-state index in [1.807, 2.05) is 6.26 Å². The fourth-order valence-electron chi connectivity index (χ4n) is 6.86. The van der Waals surface area contributed by atoms with Crippen molar-refractivity contribution in [3.63, 3.8) is 0 Å². The SMILES string of the molecule is CC1(C)CCC[C@]2(CO)[C@H]3CCc4ccoc4[C@]3(C)CC[C@@H]12. The van der Waals surface area contributed by atoms with Gasteiger partial charge in [-0.15, -0.1) is 0 Å². The molecule has 3 aliphatic carbocycles. The number of aliphatic hydroxyl groups is 1. The maximum atomic E-state index is 10.5. The number of aliphatic hydroxyl groups excluding tert-OH is 1. The summed E-state index contributed by atoms with van der Waals surface area (Å²) in [6.07, 6.45) is 10.5. The predicted octanol–water partition coefficient (Wildman–Crippen LogP) is 4.70. The Morgan fingerprint density at radius 3 is 2.73 bits per heavy atom. The van der Waals surface area contributed by atoms with Crippen molar-refractivity contribution in [2.45, 2.75) is 71.1 Å². The van der Waals surface area contributed by atoms with Crippen molar-refractivity contribution in [1.82, 2.24) is 0 Å². The third-order valence-electron chi connectivity index (χ3n) is 7.78. The molecule has 0 bridgehead atoms. The van der Waals surface area contributed by atoms with E-state index in [1.165, 1.54) is 49.8 Å². The van der Waals surface area contributed by atoms with E-state index in [4.69, 9.17) is 4.42 Å². The standard InChI is InChI=1S/C20H30O2/c1-18(2)9-4-10-20(13-21)15(18)7-11-19(3)16(20)6-5-14-8-12-22-17(14)19/h8,12,15-16,21H,4-7,9-11,13H2,1-3H3/t15-,16-,19+,20+/m0/s1. The van der Waals surface area contributed by atoms with Crippen molar-refractivity contribution in [3.8, 4) is 0 Å². The summed E-state index contributed by atoms with van der Waals surface area (Å²) >= 11 is 0. The smallest absolute Gasteiger partial charge is 0.113 e. The van der Waals surface area contributed by atoms with Crippen LogP contribution in [0.25, 0.3) is 0 Å². The minimum atomic E-state index is 0.110. The van der Waals surface area contributed by atoms with Crippen LogP contribution in [0.15, 0.2) is 16.7 Å². The van der Waals surface area contributed by atoms with Gasteiger partial charge >= 0.3 is 0 Å². The first kappa shape index (κ1) is 14.8. The van der Waals surface area contributed by atoms with E-state index in [2.05, 4.69) is 26.8 Å². The Morgan fingerprint density at radius 2 is 1.95 bits per heavy atom. The highest BCUT2D eigenvalue weighted by Gasteiger charge is 2.62. The largest absolute Gasteiger partial charge is 0.468 e. The summed E-state index contributed by atoms with van der Waals surface area (Å²) in [6.45, 7) is 7.64. The Bertz CT molecular complexity index is 572. The normalized spacial score (nSPS) is 43.1. The molecule has 3 aliphatic rings. The quantitative estimate of drug-likeness (QED) is 0.816. The zero-order valence-electron chi connectivity index (χ0n) is 14.3. The summed E-state index contributed by atoms with van der Waals surface area (Å²) in [5, 5.41) is 10.5. The summed E-state index contributed by atoms with van der Waals surface area (Å²) in [4.78, 5) is 0. The monoisotopic (exact) mass is 302 g/mol. The third-order valence-corrected chi connectivity index (χ3v) is 7.78. The lowest BCUT2D eigenvalue weighted by atomic mass is 9.41. The summed E-state index contributed by atoms with van der Waals surface area (Å²) in [7, 11) is 0. The van der Waals surface area contributed by atoms with Crippen molar-refractivity contribution >= 4 is 0 Å². The maximum absolute atomic E-state index is 10.5. The molecule has 1 aromatic heterocycles. The topological polar surface area (TPSA) is 33.4 Å². The van der Waals surface area contributed by atoms with Crippen LogP contribution in [0, 0.1) is 22.7 Å². The molecule has 2 heteroatoms. The molecule has 0 radical (unpaired) electrons. The molecule has 2 saturated carbocycles. The Kier molecular flexibility index (Phi) is 3.11. The van der Waals surface area contributed by atoms with Gasteiger partial charge in [-0.05, 0) is 67.4 Å². The number of hydrogen-bond acceptors (Lipinski definition) is 2. The second kappa shape index (κ2) is 4.63. The molecule has 0 saturated heterocycles. The zero-order valence-corrected chi connectivity index (χ0v) is 14.3. The fraction of sp³-hybridized carbons (Fsp3) is 0.800. The molecule has 4 rings (SSSR count). The molecular formula is C20H30O2. The van der Waals surface area contributed by atoms with Gasteiger partial charge in [0.25, 0.3) is 0 Å². The number of fused-ring (bicyclic) bond motifs is 5. The molecule has 0 aliphatic heterocycles. The molecule has 1 N–H and O–H groups in total. The van der Waals surface area contributed by atoms with Crippen molar-refractivity contribution < 1.29 is 9.52 Å². The summed E-state index contributed by atoms with van der Waals surface area (Å²) < 4.78 is 5.97. The third kappa shape index (κ3) is 1.71. The van der Waals surface area contributed by atoms with Gasteiger partial charge in [0.15, 0.2) is 0 Å². The molecule has 0 amide bonds. The highest BCUT2D eigenvalue weighted by Crippen LogP contribution is 2.66. The van der Waals surface area contributed by atoms with Crippen molar-refractivity contribution in [1.29, 1.82) is 0 Å². The molecule has 0 spiro atoms. The first-order valence-corrected chi connectivity index (χ1v) is 9.12. The summed E-state index contributed by atoms with van der Waals surface area (Å²) in [6, 6.07) is 2.17. The van der Waals surface area contributed by atoms with E-state index in [-0.39, 0.29) is 10.8 Å². The molecule has 2 nitrogen and oxygen atoms in total. The zero-order chi connectivity index (χ0) is 15.6. The molecule has 4 atom stereocenters. The lowest BCUT2D eigenvalue weighted by Gasteiger charge is -2.63. The Balaban J connectivity index is 1.82. The van der Waals surface area contributed by atoms with Gasteiger partial charge in [0.2, 0.25) is 0 Å². The maximum Gasteiger partial charge on any atom is 0.113 e. The van der Waals surface area contributed by atoms with Gasteiger partial charge in [-0.25, -0.2) is 0 Å². The molecule has 122 valence electrons. The molecule has 22 heavy (non-hydrogen) atoms. The molecular weight excluding hydrogens is 272 g/mol. The van der Waals surface area contributed by atoms with Crippen molar-refractivity contribution in [3.05, 3.63) is 23.7 Å². The Morgan fingerprint density at radius 1 is 1.14 bits per heavy atom. The molecule has 2 fully saturated rings. The van der Waals surface area contributed by atoms with Gasteiger partial charge in [0.1, 0.15) is 5.76 Å².